The van der Waals surface area contributed by atoms with Crippen LogP contribution in [0.5, 0.6) is 0 Å². The zero-order chi connectivity index (χ0) is 26.4. The molecule has 0 saturated carbocycles. The minimum Gasteiger partial charge on any atom is -0.330 e. The summed E-state index contributed by atoms with van der Waals surface area (Å²) in [5.74, 6) is -0.193. The van der Waals surface area contributed by atoms with Gasteiger partial charge >= 0.3 is 0 Å². The minimum absolute atomic E-state index is 0.193. The Morgan fingerprint density at radius 2 is 1.70 bits per heavy atom. The third kappa shape index (κ3) is 4.96. The summed E-state index contributed by atoms with van der Waals surface area (Å²) in [5, 5.41) is 3.90. The number of aryl methyl sites for hydroxylation is 1. The van der Waals surface area contributed by atoms with E-state index in [1.54, 1.807) is 23.5 Å². The fourth-order valence-electron chi connectivity index (χ4n) is 5.04. The second-order valence-corrected chi connectivity index (χ2v) is 13.5. The van der Waals surface area contributed by atoms with Gasteiger partial charge in [-0.25, -0.2) is 8.42 Å². The zero-order valence-corrected chi connectivity index (χ0v) is 23.3. The molecule has 192 valence electrons. The summed E-state index contributed by atoms with van der Waals surface area (Å²) in [6.07, 6.45) is 0.772. The first kappa shape index (κ1) is 25.6. The molecule has 1 atom stereocenters. The number of fused-ring (bicyclic) bond motifs is 2. The normalized spacial score (nSPS) is 16.2. The van der Waals surface area contributed by atoms with Crippen molar-refractivity contribution in [3.8, 4) is 0 Å². The smallest absolute Gasteiger partial charge is 0.244 e. The van der Waals surface area contributed by atoms with Crippen molar-refractivity contribution in [2.45, 2.75) is 50.6 Å². The maximum atomic E-state index is 14.0. The lowest BCUT2D eigenvalue weighted by atomic mass is 9.92. The molecular formula is C30H32N2O3S2. The van der Waals surface area contributed by atoms with Gasteiger partial charge in [0.25, 0.3) is 0 Å². The Morgan fingerprint density at radius 1 is 1.00 bits per heavy atom. The molecule has 0 aliphatic carbocycles. The molecule has 1 aliphatic heterocycles. The first-order valence-electron chi connectivity index (χ1n) is 12.5. The van der Waals surface area contributed by atoms with Gasteiger partial charge in [0.15, 0.2) is 0 Å². The van der Waals surface area contributed by atoms with Crippen LogP contribution in [0.3, 0.4) is 0 Å². The number of hydrogen-bond donors (Lipinski definition) is 0. The molecule has 1 aromatic heterocycles. The second kappa shape index (κ2) is 9.71. The summed E-state index contributed by atoms with van der Waals surface area (Å²) in [5.41, 5.74) is 2.54. The lowest BCUT2D eigenvalue weighted by molar-refractivity contribution is -0.134. The summed E-state index contributed by atoms with van der Waals surface area (Å²) in [7, 11) is -3.93. The predicted molar refractivity (Wildman–Crippen MR) is 150 cm³/mol. The van der Waals surface area contributed by atoms with Crippen molar-refractivity contribution in [3.63, 3.8) is 0 Å². The van der Waals surface area contributed by atoms with E-state index in [0.29, 0.717) is 6.54 Å². The summed E-state index contributed by atoms with van der Waals surface area (Å²) < 4.78 is 29.2. The van der Waals surface area contributed by atoms with Crippen LogP contribution in [0.2, 0.25) is 0 Å². The highest BCUT2D eigenvalue weighted by molar-refractivity contribution is 7.89. The van der Waals surface area contributed by atoms with Crippen molar-refractivity contribution in [2.75, 3.05) is 13.1 Å². The quantitative estimate of drug-likeness (QED) is 0.309. The first-order valence-corrected chi connectivity index (χ1v) is 14.8. The number of sulfonamides is 1. The average molecular weight is 533 g/mol. The molecule has 2 heterocycles. The molecule has 4 aromatic rings. The summed E-state index contributed by atoms with van der Waals surface area (Å²) in [6, 6.07) is 23.0. The number of hydrogen-bond acceptors (Lipinski definition) is 4. The third-order valence-corrected chi connectivity index (χ3v) is 10.1. The van der Waals surface area contributed by atoms with Crippen LogP contribution in [0.25, 0.3) is 10.8 Å². The van der Waals surface area contributed by atoms with Gasteiger partial charge in [-0.05, 0) is 79.6 Å². The van der Waals surface area contributed by atoms with Crippen molar-refractivity contribution < 1.29 is 13.2 Å². The topological polar surface area (TPSA) is 57.7 Å². The third-order valence-electron chi connectivity index (χ3n) is 7.02. The van der Waals surface area contributed by atoms with Crippen molar-refractivity contribution in [3.05, 3.63) is 99.7 Å². The molecular weight excluding hydrogens is 500 g/mol. The van der Waals surface area contributed by atoms with Crippen LogP contribution in [-0.2, 0) is 21.2 Å². The van der Waals surface area contributed by atoms with Crippen LogP contribution >= 0.6 is 11.3 Å². The van der Waals surface area contributed by atoms with Gasteiger partial charge in [0.2, 0.25) is 15.9 Å². The molecule has 0 N–H and O–H groups in total. The number of rotatable bonds is 5. The van der Waals surface area contributed by atoms with E-state index in [1.807, 2.05) is 62.9 Å². The molecule has 0 saturated heterocycles. The molecule has 0 spiro atoms. The molecule has 0 bridgehead atoms. The molecule has 0 radical (unpaired) electrons. The van der Waals surface area contributed by atoms with Gasteiger partial charge in [0, 0.05) is 17.0 Å². The molecule has 3 aromatic carbocycles. The maximum absolute atomic E-state index is 14.0. The largest absolute Gasteiger partial charge is 0.330 e. The van der Waals surface area contributed by atoms with Gasteiger partial charge in [-0.1, -0.05) is 60.2 Å². The van der Waals surface area contributed by atoms with Gasteiger partial charge in [-0.2, -0.15) is 4.31 Å². The van der Waals surface area contributed by atoms with E-state index in [4.69, 9.17) is 0 Å². The summed E-state index contributed by atoms with van der Waals surface area (Å²) in [4.78, 5) is 17.3. The minimum atomic E-state index is -3.93. The van der Waals surface area contributed by atoms with Crippen molar-refractivity contribution >= 4 is 38.0 Å². The van der Waals surface area contributed by atoms with Crippen molar-refractivity contribution in [2.24, 2.45) is 0 Å². The lowest BCUT2D eigenvalue weighted by Gasteiger charge is -2.40. The van der Waals surface area contributed by atoms with Crippen LogP contribution in [0.1, 0.15) is 48.4 Å². The molecule has 37 heavy (non-hydrogen) atoms. The van der Waals surface area contributed by atoms with Crippen molar-refractivity contribution in [1.29, 1.82) is 0 Å². The Hall–Kier alpha value is -3.00. The zero-order valence-electron chi connectivity index (χ0n) is 21.6. The van der Waals surface area contributed by atoms with Crippen LogP contribution in [0.15, 0.2) is 83.1 Å². The van der Waals surface area contributed by atoms with Crippen LogP contribution in [-0.4, -0.2) is 42.2 Å². The monoisotopic (exact) mass is 532 g/mol. The van der Waals surface area contributed by atoms with E-state index >= 15 is 0 Å². The van der Waals surface area contributed by atoms with Gasteiger partial charge in [0.1, 0.15) is 0 Å². The Balaban J connectivity index is 1.50. The number of carbonyl (C=O) groups excluding carboxylic acids is 1. The van der Waals surface area contributed by atoms with Gasteiger partial charge in [-0.3, -0.25) is 4.79 Å². The number of benzene rings is 3. The van der Waals surface area contributed by atoms with Crippen LogP contribution < -0.4 is 0 Å². The molecule has 1 aliphatic rings. The fourth-order valence-corrected chi connectivity index (χ4v) is 7.72. The van der Waals surface area contributed by atoms with E-state index in [-0.39, 0.29) is 23.4 Å². The molecule has 1 amide bonds. The Morgan fingerprint density at radius 3 is 2.41 bits per heavy atom. The molecule has 5 rings (SSSR count). The predicted octanol–water partition coefficient (Wildman–Crippen LogP) is 6.17. The van der Waals surface area contributed by atoms with Gasteiger partial charge in [0.05, 0.1) is 17.5 Å². The van der Waals surface area contributed by atoms with Gasteiger partial charge in [-0.15, -0.1) is 11.3 Å². The highest BCUT2D eigenvalue weighted by Crippen LogP contribution is 2.38. The molecule has 7 heteroatoms. The van der Waals surface area contributed by atoms with Crippen LogP contribution in [0, 0.1) is 6.92 Å². The van der Waals surface area contributed by atoms with E-state index in [9.17, 15) is 13.2 Å². The highest BCUT2D eigenvalue weighted by atomic mass is 32.2. The Bertz CT molecular complexity index is 1550. The fraction of sp³-hybridized carbons (Fsp3) is 0.300. The van der Waals surface area contributed by atoms with Gasteiger partial charge < -0.3 is 4.90 Å². The first-order chi connectivity index (χ1) is 17.6. The van der Waals surface area contributed by atoms with E-state index in [2.05, 4.69) is 35.7 Å². The summed E-state index contributed by atoms with van der Waals surface area (Å²) >= 11 is 1.72. The second-order valence-electron chi connectivity index (χ2n) is 10.6. The van der Waals surface area contributed by atoms with E-state index in [0.717, 1.165) is 33.9 Å². The molecule has 0 fully saturated rings. The molecule has 5 nitrogen and oxygen atoms in total. The number of carbonyl (C=O) groups is 1. The number of thiophene rings is 1. The Kier molecular flexibility index (Phi) is 6.73. The standard InChI is InChI=1S/C30H32N2O3S2/c1-21-9-11-23(12-10-21)29-26-16-18-36-27(26)15-17-31(29)28(33)20-32(30(2,3)4)37(34,35)25-14-13-22-7-5-6-8-24(22)19-25/h5-14,16,18-19,29H,15,17,20H2,1-4H3/t29-/m0/s1. The Labute approximate surface area is 223 Å². The SMILES string of the molecule is Cc1ccc([C@H]2c3ccsc3CCN2C(=O)CN(C(C)(C)C)S(=O)(=O)c2ccc3ccccc3c2)cc1. The lowest BCUT2D eigenvalue weighted by Crippen LogP contribution is -2.52. The van der Waals surface area contributed by atoms with E-state index < -0.39 is 15.6 Å². The number of nitrogens with zero attached hydrogens (tertiary/aromatic N) is 2. The van der Waals surface area contributed by atoms with Crippen molar-refractivity contribution in [1.82, 2.24) is 9.21 Å². The molecule has 0 unspecified atom stereocenters. The average Bonchev–Trinajstić information content (AvgIpc) is 3.35. The summed E-state index contributed by atoms with van der Waals surface area (Å²) in [6.45, 7) is 7.89. The maximum Gasteiger partial charge on any atom is 0.244 e. The highest BCUT2D eigenvalue weighted by Gasteiger charge is 2.39. The van der Waals surface area contributed by atoms with E-state index in [1.165, 1.54) is 9.18 Å². The number of amides is 1. The van der Waals surface area contributed by atoms with Crippen LogP contribution in [0.4, 0.5) is 0 Å².